The number of nitrogens with two attached hydrogens (primary N) is 3. The first-order chi connectivity index (χ1) is 60.9. The molecule has 9 N–H and O–H groups in total. The Morgan fingerprint density at radius 1 is 0.457 bits per heavy atom. The van der Waals surface area contributed by atoms with Gasteiger partial charge in [0.05, 0.1) is 28.7 Å². The number of aromatic hydroxyl groups is 3. The molecule has 0 bridgehead atoms. The van der Waals surface area contributed by atoms with Gasteiger partial charge in [0.15, 0.2) is 62.2 Å². The van der Waals surface area contributed by atoms with Crippen molar-refractivity contribution in [2.24, 2.45) is 37.8 Å². The molecule has 4 aliphatic heterocycles. The molecule has 12 aromatic rings. The van der Waals surface area contributed by atoms with Crippen LogP contribution in [-0.2, 0) is 84.0 Å². The molecule has 4 amide bonds. The zero-order valence-corrected chi connectivity index (χ0v) is 74.3. The summed E-state index contributed by atoms with van der Waals surface area (Å²) >= 11 is 3.50. The topological polar surface area (TPSA) is 401 Å². The number of carbonyl (C=O) groups is 5. The van der Waals surface area contributed by atoms with Crippen LogP contribution in [0, 0.1) is 23.3 Å². The Labute approximate surface area is 735 Å². The van der Waals surface area contributed by atoms with Crippen molar-refractivity contribution in [1.29, 1.82) is 0 Å². The van der Waals surface area contributed by atoms with Gasteiger partial charge in [0, 0.05) is 129 Å². The normalized spacial score (nSPS) is 14.6. The van der Waals surface area contributed by atoms with Crippen molar-refractivity contribution < 1.29 is 70.7 Å². The predicted octanol–water partition coefficient (Wildman–Crippen LogP) is 10.6. The number of esters is 1. The zero-order valence-electron chi connectivity index (χ0n) is 70.9. The predicted molar refractivity (Wildman–Crippen MR) is 479 cm³/mol. The third kappa shape index (κ3) is 20.1. The smallest absolute Gasteiger partial charge is 0.308 e. The van der Waals surface area contributed by atoms with Crippen LogP contribution in [0.1, 0.15) is 100 Å². The quantitative estimate of drug-likeness (QED) is 0.0103. The lowest BCUT2D eigenvalue weighted by atomic mass is 10.0. The second-order valence-electron chi connectivity index (χ2n) is 31.5. The van der Waals surface area contributed by atoms with Crippen LogP contribution in [0.2, 0.25) is 0 Å². The highest BCUT2D eigenvalue weighted by molar-refractivity contribution is 9.08. The number of rotatable bonds is 20. The van der Waals surface area contributed by atoms with E-state index in [1.807, 2.05) is 23.6 Å². The van der Waals surface area contributed by atoms with E-state index >= 15 is 0 Å². The first-order valence-corrected chi connectivity index (χ1v) is 47.5. The second kappa shape index (κ2) is 39.6. The molecule has 0 saturated heterocycles. The molecule has 0 unspecified atom stereocenters. The highest BCUT2D eigenvalue weighted by atomic mass is 79.9. The number of ether oxygens (including phenoxy) is 1. The van der Waals surface area contributed by atoms with Crippen molar-refractivity contribution in [2.75, 3.05) is 92.2 Å². The molecule has 662 valence electrons. The Bertz CT molecular complexity index is 6740. The Morgan fingerprint density at radius 2 is 0.780 bits per heavy atom. The fourth-order valence-electron chi connectivity index (χ4n) is 16.0. The summed E-state index contributed by atoms with van der Waals surface area (Å²) in [5.74, 6) is 15.3. The molecule has 16 rings (SSSR count). The molecular formula is C90H96BrF4N19O11P2. The maximum absolute atomic E-state index is 13.5. The lowest BCUT2D eigenvalue weighted by Crippen LogP contribution is -2.46. The summed E-state index contributed by atoms with van der Waals surface area (Å²) in [7, 11) is -3.02. The average molecular weight is 1840 g/mol. The highest BCUT2D eigenvalue weighted by Crippen LogP contribution is 2.41. The van der Waals surface area contributed by atoms with E-state index in [0.717, 1.165) is 50.8 Å². The van der Waals surface area contributed by atoms with Crippen LogP contribution in [0.15, 0.2) is 172 Å². The molecule has 4 aromatic carbocycles. The number of halogens is 5. The Hall–Kier alpha value is -13.1. The van der Waals surface area contributed by atoms with Crippen LogP contribution < -0.4 is 44.2 Å². The fraction of sp³-hybridized carbons (Fsp3) is 0.300. The monoisotopic (exact) mass is 1840 g/mol. The van der Waals surface area contributed by atoms with Crippen molar-refractivity contribution in [3.05, 3.63) is 264 Å². The Kier molecular flexibility index (Phi) is 28.5. The minimum absolute atomic E-state index is 0.0716. The van der Waals surface area contributed by atoms with Gasteiger partial charge in [0.2, 0.25) is 0 Å². The number of hydrogen-bond acceptors (Lipinski definition) is 22. The maximum atomic E-state index is 13.5. The largest absolute Gasteiger partial charge is 0.504 e. The van der Waals surface area contributed by atoms with Crippen LogP contribution in [-0.4, -0.2) is 195 Å². The van der Waals surface area contributed by atoms with Gasteiger partial charge in [-0.15, -0.1) is 0 Å². The summed E-state index contributed by atoms with van der Waals surface area (Å²) in [6.45, 7) is 15.3. The summed E-state index contributed by atoms with van der Waals surface area (Å²) in [5.41, 5.74) is 10.6. The number of fused-ring (bicyclic) bond motifs is 8. The number of hydrogen-bond donors (Lipinski definition) is 6. The Balaban J connectivity index is 0.000000145. The highest BCUT2D eigenvalue weighted by Gasteiger charge is 2.37. The van der Waals surface area contributed by atoms with Gasteiger partial charge < -0.3 is 84.6 Å². The fourth-order valence-corrected chi connectivity index (χ4v) is 17.8. The van der Waals surface area contributed by atoms with Gasteiger partial charge in [0.25, 0.3) is 23.6 Å². The summed E-state index contributed by atoms with van der Waals surface area (Å²) in [6.07, 6.45) is 12.0. The van der Waals surface area contributed by atoms with Crippen LogP contribution >= 0.6 is 30.2 Å². The maximum Gasteiger partial charge on any atom is 0.308 e. The molecule has 4 aliphatic rings. The molecule has 0 aliphatic carbocycles. The minimum Gasteiger partial charge on any atom is -0.504 e. The van der Waals surface area contributed by atoms with E-state index in [4.69, 9.17) is 22.3 Å². The van der Waals surface area contributed by atoms with E-state index in [0.29, 0.717) is 177 Å². The molecule has 8 aromatic heterocycles. The Morgan fingerprint density at radius 3 is 1.13 bits per heavy atom. The van der Waals surface area contributed by atoms with E-state index in [1.165, 1.54) is 61.7 Å². The summed E-state index contributed by atoms with van der Waals surface area (Å²) < 4.78 is 89.3. The standard InChI is InChI=1S/C23H22BrFN4O3.C23H27FN5O3P.C23H25FN5O3P.C21H22FN5O2/c1-14(30)32-21-19-18(16(13-24)7-9-27-19)22(26-2)29-12-11-28(23(31)20(21)29)10-8-15-3-5-17(25)6-4-15;2*1-33(2,32)14-9-16-7-10-26-19-18(16)22(27-25)29-13-12-28(23(31)20(29)21(19)30)11-8-15-3-5-17(24)6-4-15;1-2-14-7-9-24-17-16(14)20(25-23)27-12-11-26(21(29)18(27)19(17)28)10-8-13-3-5-15(22)6-4-13/h3-7,9H,8,10-13H2,1-2H3;3-7,10,30H,8-9,11-14,25H2,1-2H3;3-7,9-10,14,30H,8,11-13,25H2,1-2H3;3-7,9,28H,2,8,10-12,23H2,1H3/b;27-22-;14-9+,27-22-;25-20-. The van der Waals surface area contributed by atoms with Crippen LogP contribution in [0.25, 0.3) is 49.7 Å². The number of alkyl halides is 1. The van der Waals surface area contributed by atoms with Crippen molar-refractivity contribution in [3.8, 4) is 23.0 Å². The number of nitrogens with zero attached hydrogens (tertiary/aromatic N) is 16. The molecule has 37 heteroatoms. The van der Waals surface area contributed by atoms with Gasteiger partial charge >= 0.3 is 5.97 Å². The van der Waals surface area contributed by atoms with Crippen molar-refractivity contribution in [3.63, 3.8) is 0 Å². The molecule has 0 spiro atoms. The van der Waals surface area contributed by atoms with Crippen molar-refractivity contribution in [1.82, 2.24) is 57.8 Å². The summed E-state index contributed by atoms with van der Waals surface area (Å²) in [5, 5.41) is 47.8. The number of aryl methyl sites for hydroxylation is 2. The lowest BCUT2D eigenvalue weighted by molar-refractivity contribution is -0.131. The second-order valence-corrected chi connectivity index (χ2v) is 38.9. The molecule has 127 heavy (non-hydrogen) atoms. The summed E-state index contributed by atoms with van der Waals surface area (Å²) in [4.78, 5) is 93.7. The van der Waals surface area contributed by atoms with Gasteiger partial charge in [-0.25, -0.2) is 17.6 Å². The molecule has 0 saturated carbocycles. The molecular weight excluding hydrogens is 1740 g/mol. The first kappa shape index (κ1) is 91.6. The number of benzene rings is 4. The number of amides is 4. The average Bonchev–Trinajstić information content (AvgIpc) is 0.748. The number of carbonyl (C=O) groups excluding carboxylic acids is 5. The third-order valence-corrected chi connectivity index (χ3v) is 25.2. The van der Waals surface area contributed by atoms with E-state index in [2.05, 4.69) is 56.2 Å². The number of pyridine rings is 8. The van der Waals surface area contributed by atoms with Gasteiger partial charge in [-0.2, -0.15) is 15.3 Å². The minimum atomic E-state index is -2.44. The van der Waals surface area contributed by atoms with E-state index in [1.54, 1.807) is 158 Å². The van der Waals surface area contributed by atoms with Gasteiger partial charge in [0.1, 0.15) is 58.0 Å². The van der Waals surface area contributed by atoms with Crippen molar-refractivity contribution in [2.45, 2.75) is 83.9 Å². The first-order valence-electron chi connectivity index (χ1n) is 41.0. The molecule has 0 atom stereocenters. The lowest BCUT2D eigenvalue weighted by Gasteiger charge is -2.31. The van der Waals surface area contributed by atoms with E-state index < -0.39 is 20.3 Å². The molecule has 12 heterocycles. The molecule has 0 fully saturated rings. The van der Waals surface area contributed by atoms with Gasteiger partial charge in [-0.3, -0.25) is 48.9 Å². The van der Waals surface area contributed by atoms with Gasteiger partial charge in [-0.1, -0.05) is 77.5 Å². The van der Waals surface area contributed by atoms with E-state index in [-0.39, 0.29) is 104 Å². The zero-order chi connectivity index (χ0) is 90.9. The van der Waals surface area contributed by atoms with Crippen LogP contribution in [0.4, 0.5) is 17.6 Å². The van der Waals surface area contributed by atoms with E-state index in [9.17, 15) is 66.0 Å². The summed E-state index contributed by atoms with van der Waals surface area (Å²) in [6, 6.07) is 32.1. The molecule has 30 nitrogen and oxygen atoms in total. The van der Waals surface area contributed by atoms with Crippen molar-refractivity contribution >= 4 is 109 Å². The van der Waals surface area contributed by atoms with Crippen LogP contribution in [0.5, 0.6) is 23.0 Å². The van der Waals surface area contributed by atoms with Crippen LogP contribution in [0.3, 0.4) is 0 Å². The number of aromatic nitrogens is 8. The van der Waals surface area contributed by atoms with Gasteiger partial charge in [-0.05, 0) is 188 Å². The molecule has 0 radical (unpaired) electrons. The third-order valence-electron chi connectivity index (χ3n) is 22.4. The SMILES string of the molecule is CCc1ccnc2c(O)c3n(/c(=N\N)c12)CCN(CCc1ccc(F)cc1)C3=O.CN=c1c2c(CBr)ccnc2c(OC(C)=O)c2n1CCN(CCc1ccc(F)cc1)C2=O.CP(C)(=O)/C=C/c1ccnc2c(O)c3n(/c(=N\N)c12)CCN(CCc1ccc(F)cc1)C3=O.CP(C)(=O)CCc1ccnc2c(O)c3n(/c(=N\N)c12)CCN(CCc1ccc(F)cc1)C3=O.